The Morgan fingerprint density at radius 2 is 2.25 bits per heavy atom. The second-order valence-electron chi connectivity index (χ2n) is 3.10. The summed E-state index contributed by atoms with van der Waals surface area (Å²) in [6.45, 7) is 2.57. The Morgan fingerprint density at radius 1 is 1.42 bits per heavy atom. The van der Waals surface area contributed by atoms with Crippen LogP contribution in [0.15, 0.2) is 12.1 Å². The lowest BCUT2D eigenvalue weighted by molar-refractivity contribution is 0.287. The van der Waals surface area contributed by atoms with Gasteiger partial charge in [0.15, 0.2) is 0 Å². The zero-order valence-corrected chi connectivity index (χ0v) is 7.06. The highest BCUT2D eigenvalue weighted by molar-refractivity contribution is 5.41. The third-order valence-corrected chi connectivity index (χ3v) is 2.32. The average Bonchev–Trinajstić information content (AvgIpc) is 2.12. The molecule has 0 spiro atoms. The van der Waals surface area contributed by atoms with Gasteiger partial charge in [-0.1, -0.05) is 0 Å². The zero-order valence-electron chi connectivity index (χ0n) is 7.06. The molecule has 0 atom stereocenters. The quantitative estimate of drug-likeness (QED) is 0.575. The number of hydrogen-bond donors (Lipinski definition) is 0. The van der Waals surface area contributed by atoms with Crippen LogP contribution in [0.5, 0.6) is 5.75 Å². The van der Waals surface area contributed by atoms with E-state index in [0.717, 1.165) is 36.3 Å². The van der Waals surface area contributed by atoms with Crippen molar-refractivity contribution in [2.45, 2.75) is 19.8 Å². The standard InChI is InChI=1S/C10H11FO/c1-7-8-3-2-6-12-10(8)5-4-9(7)11/h4-5H,2-3,6H2,1H3. The van der Waals surface area contributed by atoms with E-state index >= 15 is 0 Å². The number of rotatable bonds is 0. The molecule has 2 heteroatoms. The van der Waals surface area contributed by atoms with Crippen molar-refractivity contribution in [3.8, 4) is 5.75 Å². The summed E-state index contributed by atoms with van der Waals surface area (Å²) in [5.74, 6) is 0.736. The maximum atomic E-state index is 13.1. The summed E-state index contributed by atoms with van der Waals surface area (Å²) in [5.41, 5.74) is 1.79. The smallest absolute Gasteiger partial charge is 0.126 e. The van der Waals surface area contributed by atoms with Gasteiger partial charge in [0.05, 0.1) is 6.61 Å². The van der Waals surface area contributed by atoms with Gasteiger partial charge in [-0.25, -0.2) is 4.39 Å². The van der Waals surface area contributed by atoms with Crippen LogP contribution in [0.1, 0.15) is 17.5 Å². The molecule has 0 amide bonds. The predicted octanol–water partition coefficient (Wildman–Crippen LogP) is 2.46. The van der Waals surface area contributed by atoms with E-state index in [1.54, 1.807) is 6.07 Å². The first-order valence-corrected chi connectivity index (χ1v) is 4.20. The Kier molecular flexibility index (Phi) is 1.75. The fraction of sp³-hybridized carbons (Fsp3) is 0.400. The molecule has 12 heavy (non-hydrogen) atoms. The maximum Gasteiger partial charge on any atom is 0.126 e. The van der Waals surface area contributed by atoms with Crippen LogP contribution in [0.25, 0.3) is 0 Å². The molecule has 1 aromatic carbocycles. The summed E-state index contributed by atoms with van der Waals surface area (Å²) in [5, 5.41) is 0. The van der Waals surface area contributed by atoms with Crippen LogP contribution >= 0.6 is 0 Å². The first kappa shape index (κ1) is 7.59. The SMILES string of the molecule is Cc1c(F)ccc2c1CCCO2. The van der Waals surface area contributed by atoms with E-state index in [9.17, 15) is 4.39 Å². The monoisotopic (exact) mass is 166 g/mol. The van der Waals surface area contributed by atoms with E-state index in [0.29, 0.717) is 0 Å². The lowest BCUT2D eigenvalue weighted by Crippen LogP contribution is -2.10. The normalized spacial score (nSPS) is 15.2. The van der Waals surface area contributed by atoms with Gasteiger partial charge in [-0.15, -0.1) is 0 Å². The lowest BCUT2D eigenvalue weighted by Gasteiger charge is -2.18. The molecular weight excluding hydrogens is 155 g/mol. The summed E-state index contributed by atoms with van der Waals surface area (Å²) in [6, 6.07) is 3.19. The Hall–Kier alpha value is -1.05. The fourth-order valence-electron chi connectivity index (χ4n) is 1.58. The first-order chi connectivity index (χ1) is 5.79. The molecule has 1 aromatic rings. The van der Waals surface area contributed by atoms with Crippen LogP contribution in [0.2, 0.25) is 0 Å². The van der Waals surface area contributed by atoms with Crippen LogP contribution in [0.3, 0.4) is 0 Å². The lowest BCUT2D eigenvalue weighted by atomic mass is 10.0. The van der Waals surface area contributed by atoms with Crippen LogP contribution in [0.4, 0.5) is 4.39 Å². The third kappa shape index (κ3) is 1.07. The minimum atomic E-state index is -0.126. The molecular formula is C10H11FO. The summed E-state index contributed by atoms with van der Waals surface area (Å²) >= 11 is 0. The Bertz CT molecular complexity index is 307. The van der Waals surface area contributed by atoms with Gasteiger partial charge < -0.3 is 4.74 Å². The zero-order chi connectivity index (χ0) is 8.55. The largest absolute Gasteiger partial charge is 0.493 e. The van der Waals surface area contributed by atoms with Gasteiger partial charge >= 0.3 is 0 Å². The van der Waals surface area contributed by atoms with Crippen molar-refractivity contribution in [3.63, 3.8) is 0 Å². The Labute approximate surface area is 71.2 Å². The summed E-state index contributed by atoms with van der Waals surface area (Å²) in [6.07, 6.45) is 1.94. The van der Waals surface area contributed by atoms with Crippen LogP contribution in [-0.2, 0) is 6.42 Å². The molecule has 0 unspecified atom stereocenters. The highest BCUT2D eigenvalue weighted by atomic mass is 19.1. The summed E-state index contributed by atoms with van der Waals surface area (Å²) in [7, 11) is 0. The molecule has 1 heterocycles. The van der Waals surface area contributed by atoms with Gasteiger partial charge in [0.2, 0.25) is 0 Å². The minimum Gasteiger partial charge on any atom is -0.493 e. The molecule has 64 valence electrons. The van der Waals surface area contributed by atoms with Crippen molar-refractivity contribution in [3.05, 3.63) is 29.1 Å². The first-order valence-electron chi connectivity index (χ1n) is 4.20. The van der Waals surface area contributed by atoms with Crippen molar-refractivity contribution in [1.82, 2.24) is 0 Å². The van der Waals surface area contributed by atoms with E-state index in [-0.39, 0.29) is 5.82 Å². The molecule has 0 saturated carbocycles. The predicted molar refractivity (Wildman–Crippen MR) is 45.0 cm³/mol. The average molecular weight is 166 g/mol. The number of halogens is 1. The van der Waals surface area contributed by atoms with Crippen molar-refractivity contribution in [1.29, 1.82) is 0 Å². The molecule has 1 aliphatic heterocycles. The molecule has 0 aliphatic carbocycles. The van der Waals surface area contributed by atoms with Crippen LogP contribution in [-0.4, -0.2) is 6.61 Å². The molecule has 0 N–H and O–H groups in total. The highest BCUT2D eigenvalue weighted by Crippen LogP contribution is 2.28. The fourth-order valence-corrected chi connectivity index (χ4v) is 1.58. The topological polar surface area (TPSA) is 9.23 Å². The molecule has 2 rings (SSSR count). The molecule has 1 aliphatic rings. The van der Waals surface area contributed by atoms with E-state index in [4.69, 9.17) is 4.74 Å². The van der Waals surface area contributed by atoms with E-state index in [2.05, 4.69) is 0 Å². The van der Waals surface area contributed by atoms with Crippen molar-refractivity contribution in [2.24, 2.45) is 0 Å². The second-order valence-corrected chi connectivity index (χ2v) is 3.10. The summed E-state index contributed by atoms with van der Waals surface area (Å²) < 4.78 is 18.4. The number of benzene rings is 1. The highest BCUT2D eigenvalue weighted by Gasteiger charge is 2.14. The molecule has 0 aromatic heterocycles. The number of ether oxygens (including phenoxy) is 1. The Balaban J connectivity index is 2.54. The second kappa shape index (κ2) is 2.77. The van der Waals surface area contributed by atoms with Crippen molar-refractivity contribution < 1.29 is 9.13 Å². The van der Waals surface area contributed by atoms with Gasteiger partial charge in [-0.2, -0.15) is 0 Å². The van der Waals surface area contributed by atoms with Crippen molar-refractivity contribution >= 4 is 0 Å². The van der Waals surface area contributed by atoms with Gasteiger partial charge in [-0.05, 0) is 37.5 Å². The van der Waals surface area contributed by atoms with Gasteiger partial charge in [0, 0.05) is 5.56 Å². The third-order valence-electron chi connectivity index (χ3n) is 2.32. The molecule has 0 bridgehead atoms. The number of fused-ring (bicyclic) bond motifs is 1. The van der Waals surface area contributed by atoms with E-state index in [1.165, 1.54) is 6.07 Å². The van der Waals surface area contributed by atoms with Crippen LogP contribution in [0, 0.1) is 12.7 Å². The van der Waals surface area contributed by atoms with Gasteiger partial charge in [0.25, 0.3) is 0 Å². The van der Waals surface area contributed by atoms with Crippen molar-refractivity contribution in [2.75, 3.05) is 6.61 Å². The maximum absolute atomic E-state index is 13.1. The molecule has 1 nitrogen and oxygen atoms in total. The van der Waals surface area contributed by atoms with E-state index < -0.39 is 0 Å². The number of hydrogen-bond acceptors (Lipinski definition) is 1. The van der Waals surface area contributed by atoms with Gasteiger partial charge in [0.1, 0.15) is 11.6 Å². The Morgan fingerprint density at radius 3 is 3.08 bits per heavy atom. The molecule has 0 saturated heterocycles. The van der Waals surface area contributed by atoms with Gasteiger partial charge in [-0.3, -0.25) is 0 Å². The van der Waals surface area contributed by atoms with E-state index in [1.807, 2.05) is 6.92 Å². The summed E-state index contributed by atoms with van der Waals surface area (Å²) in [4.78, 5) is 0. The molecule has 0 radical (unpaired) electrons. The molecule has 0 fully saturated rings. The van der Waals surface area contributed by atoms with Crippen LogP contribution < -0.4 is 4.74 Å². The minimum absolute atomic E-state index is 0.126.